The number of rotatable bonds is 4. The molecule has 0 atom stereocenters. The van der Waals surface area contributed by atoms with Crippen molar-refractivity contribution in [2.24, 2.45) is 0 Å². The van der Waals surface area contributed by atoms with Gasteiger partial charge in [-0.1, -0.05) is 82.9 Å². The van der Waals surface area contributed by atoms with Crippen molar-refractivity contribution in [3.05, 3.63) is 129 Å². The normalized spacial score (nSPS) is 10.0. The molecule has 0 saturated carbocycles. The van der Waals surface area contributed by atoms with Crippen molar-refractivity contribution in [2.45, 2.75) is 13.8 Å². The van der Waals surface area contributed by atoms with Crippen molar-refractivity contribution in [2.75, 3.05) is 10.6 Å². The molecule has 4 rings (SSSR count). The number of hydrogen-bond acceptors (Lipinski definition) is 2. The van der Waals surface area contributed by atoms with Crippen molar-refractivity contribution in [1.29, 1.82) is 0 Å². The third kappa shape index (κ3) is 7.20. The number of nitrogens with one attached hydrogen (secondary N) is 2. The van der Waals surface area contributed by atoms with Crippen LogP contribution in [0.4, 0.5) is 11.4 Å². The van der Waals surface area contributed by atoms with Gasteiger partial charge in [-0.05, 0) is 62.4 Å². The summed E-state index contributed by atoms with van der Waals surface area (Å²) in [5.41, 5.74) is 4.74. The maximum atomic E-state index is 11.9. The highest BCUT2D eigenvalue weighted by atomic mass is 35.5. The number of halogens is 2. The fraction of sp³-hybridized carbons (Fsp3) is 0.0714. The minimum absolute atomic E-state index is 0.155. The highest BCUT2D eigenvalue weighted by Crippen LogP contribution is 2.22. The van der Waals surface area contributed by atoms with Crippen LogP contribution < -0.4 is 10.6 Å². The van der Waals surface area contributed by atoms with E-state index in [-0.39, 0.29) is 11.8 Å². The van der Waals surface area contributed by atoms with E-state index in [1.807, 2.05) is 62.4 Å². The smallest absolute Gasteiger partial charge is 0.255 e. The molecular formula is C28H24Cl2N2O2. The van der Waals surface area contributed by atoms with Crippen LogP contribution >= 0.6 is 23.2 Å². The Morgan fingerprint density at radius 3 is 1.18 bits per heavy atom. The van der Waals surface area contributed by atoms with E-state index in [1.54, 1.807) is 48.5 Å². The maximum Gasteiger partial charge on any atom is 0.255 e. The fourth-order valence-electron chi connectivity index (χ4n) is 2.92. The van der Waals surface area contributed by atoms with Crippen LogP contribution in [-0.4, -0.2) is 11.8 Å². The van der Waals surface area contributed by atoms with E-state index in [0.29, 0.717) is 32.5 Å². The Morgan fingerprint density at radius 2 is 0.853 bits per heavy atom. The van der Waals surface area contributed by atoms with Crippen LogP contribution in [0.25, 0.3) is 0 Å². The van der Waals surface area contributed by atoms with E-state index in [1.165, 1.54) is 0 Å². The zero-order chi connectivity index (χ0) is 24.5. The van der Waals surface area contributed by atoms with Gasteiger partial charge in [-0.2, -0.15) is 0 Å². The largest absolute Gasteiger partial charge is 0.321 e. The lowest BCUT2D eigenvalue weighted by Crippen LogP contribution is -2.11. The topological polar surface area (TPSA) is 58.2 Å². The molecule has 6 heteroatoms. The summed E-state index contributed by atoms with van der Waals surface area (Å²) in [7, 11) is 0. The molecule has 172 valence electrons. The van der Waals surface area contributed by atoms with Gasteiger partial charge in [0.25, 0.3) is 11.8 Å². The first kappa shape index (κ1) is 25.0. The standard InChI is InChI=1S/2C14H12ClNO/c2*1-10-6-8-11(9-7-10)14(17)16-13-5-3-2-4-12(13)15/h2*2-9H,1H3,(H,16,17). The molecule has 0 heterocycles. The van der Waals surface area contributed by atoms with Gasteiger partial charge in [-0.15, -0.1) is 0 Å². The number of carbonyl (C=O) groups is 2. The Bertz CT molecular complexity index is 1170. The molecule has 0 unspecified atom stereocenters. The second kappa shape index (κ2) is 12.0. The van der Waals surface area contributed by atoms with Gasteiger partial charge in [0.15, 0.2) is 0 Å². The number of anilines is 2. The molecule has 4 aromatic carbocycles. The molecule has 4 nitrogen and oxygen atoms in total. The van der Waals surface area contributed by atoms with Crippen molar-refractivity contribution < 1.29 is 9.59 Å². The summed E-state index contributed by atoms with van der Waals surface area (Å²) in [4.78, 5) is 23.8. The first-order valence-corrected chi connectivity index (χ1v) is 11.3. The number of aryl methyl sites for hydroxylation is 2. The molecule has 0 aliphatic heterocycles. The minimum Gasteiger partial charge on any atom is -0.321 e. The Hall–Kier alpha value is -3.60. The second-order valence-corrected chi connectivity index (χ2v) is 8.41. The number of para-hydroxylation sites is 2. The van der Waals surface area contributed by atoms with Gasteiger partial charge in [-0.3, -0.25) is 9.59 Å². The molecule has 0 fully saturated rings. The van der Waals surface area contributed by atoms with Gasteiger partial charge in [-0.25, -0.2) is 0 Å². The van der Waals surface area contributed by atoms with Crippen LogP contribution in [0, 0.1) is 13.8 Å². The summed E-state index contributed by atoms with van der Waals surface area (Å²) in [5.74, 6) is -0.309. The molecule has 0 radical (unpaired) electrons. The molecule has 0 spiro atoms. The monoisotopic (exact) mass is 490 g/mol. The van der Waals surface area contributed by atoms with Crippen LogP contribution in [0.2, 0.25) is 10.0 Å². The lowest BCUT2D eigenvalue weighted by Gasteiger charge is -2.06. The van der Waals surface area contributed by atoms with E-state index in [9.17, 15) is 9.59 Å². The van der Waals surface area contributed by atoms with Gasteiger partial charge in [0.05, 0.1) is 21.4 Å². The van der Waals surface area contributed by atoms with E-state index >= 15 is 0 Å². The highest BCUT2D eigenvalue weighted by Gasteiger charge is 2.08. The zero-order valence-electron chi connectivity index (χ0n) is 18.8. The number of amides is 2. The third-order valence-electron chi connectivity index (χ3n) is 4.87. The van der Waals surface area contributed by atoms with Crippen LogP contribution in [-0.2, 0) is 0 Å². The molecule has 0 aromatic heterocycles. The zero-order valence-corrected chi connectivity index (χ0v) is 20.3. The predicted octanol–water partition coefficient (Wildman–Crippen LogP) is 7.80. The van der Waals surface area contributed by atoms with Crippen molar-refractivity contribution in [3.8, 4) is 0 Å². The third-order valence-corrected chi connectivity index (χ3v) is 5.53. The maximum absolute atomic E-state index is 11.9. The molecule has 4 aromatic rings. The molecule has 2 amide bonds. The number of carbonyl (C=O) groups excluding carboxylic acids is 2. The Kier molecular flexibility index (Phi) is 8.86. The summed E-state index contributed by atoms with van der Waals surface area (Å²) in [5, 5.41) is 6.62. The first-order valence-electron chi connectivity index (χ1n) is 10.6. The van der Waals surface area contributed by atoms with Gasteiger partial charge in [0.1, 0.15) is 0 Å². The molecule has 0 bridgehead atoms. The van der Waals surface area contributed by atoms with Crippen molar-refractivity contribution >= 4 is 46.4 Å². The van der Waals surface area contributed by atoms with Gasteiger partial charge >= 0.3 is 0 Å². The fourth-order valence-corrected chi connectivity index (χ4v) is 3.29. The van der Waals surface area contributed by atoms with Crippen LogP contribution in [0.3, 0.4) is 0 Å². The lowest BCUT2D eigenvalue weighted by molar-refractivity contribution is 0.101. The number of benzene rings is 4. The van der Waals surface area contributed by atoms with E-state index < -0.39 is 0 Å². The highest BCUT2D eigenvalue weighted by molar-refractivity contribution is 6.34. The van der Waals surface area contributed by atoms with E-state index in [4.69, 9.17) is 23.2 Å². The van der Waals surface area contributed by atoms with Gasteiger partial charge in [0, 0.05) is 11.1 Å². The summed E-state index contributed by atoms with van der Waals surface area (Å²) < 4.78 is 0. The van der Waals surface area contributed by atoms with E-state index in [0.717, 1.165) is 11.1 Å². The average Bonchev–Trinajstić information content (AvgIpc) is 2.83. The predicted molar refractivity (Wildman–Crippen MR) is 141 cm³/mol. The van der Waals surface area contributed by atoms with Crippen molar-refractivity contribution in [1.82, 2.24) is 0 Å². The molecule has 34 heavy (non-hydrogen) atoms. The molecule has 0 aliphatic carbocycles. The van der Waals surface area contributed by atoms with Crippen LogP contribution in [0.15, 0.2) is 97.1 Å². The Labute approximate surface area is 209 Å². The van der Waals surface area contributed by atoms with E-state index in [2.05, 4.69) is 10.6 Å². The van der Waals surface area contributed by atoms with Gasteiger partial charge < -0.3 is 10.6 Å². The second-order valence-electron chi connectivity index (χ2n) is 7.60. The number of hydrogen-bond donors (Lipinski definition) is 2. The summed E-state index contributed by atoms with van der Waals surface area (Å²) in [6.07, 6.45) is 0. The molecular weight excluding hydrogens is 467 g/mol. The lowest BCUT2D eigenvalue weighted by atomic mass is 10.1. The average molecular weight is 491 g/mol. The summed E-state index contributed by atoms with van der Waals surface area (Å²) in [6.45, 7) is 3.96. The SMILES string of the molecule is Cc1ccc(C(=O)Nc2ccccc2Cl)cc1.Cc1ccc(C(=O)Nc2ccccc2Cl)cc1. The van der Waals surface area contributed by atoms with Gasteiger partial charge in [0.2, 0.25) is 0 Å². The van der Waals surface area contributed by atoms with Crippen LogP contribution in [0.1, 0.15) is 31.8 Å². The Balaban J connectivity index is 0.000000191. The Morgan fingerprint density at radius 1 is 0.529 bits per heavy atom. The molecule has 2 N–H and O–H groups in total. The summed E-state index contributed by atoms with van der Waals surface area (Å²) >= 11 is 11.9. The molecule has 0 saturated heterocycles. The summed E-state index contributed by atoms with van der Waals surface area (Å²) in [6, 6.07) is 29.1. The molecule has 0 aliphatic rings. The van der Waals surface area contributed by atoms with Crippen LogP contribution in [0.5, 0.6) is 0 Å². The van der Waals surface area contributed by atoms with Crippen molar-refractivity contribution in [3.63, 3.8) is 0 Å². The minimum atomic E-state index is -0.155. The first-order chi connectivity index (χ1) is 16.3. The quantitative estimate of drug-likeness (QED) is 0.306.